The zero-order valence-electron chi connectivity index (χ0n) is 11.6. The third-order valence-corrected chi connectivity index (χ3v) is 3.90. The Bertz CT molecular complexity index is 553. The number of halogens is 1. The summed E-state index contributed by atoms with van der Waals surface area (Å²) in [7, 11) is 3.33. The predicted molar refractivity (Wildman–Crippen MR) is 78.9 cm³/mol. The quantitative estimate of drug-likeness (QED) is 0.894. The van der Waals surface area contributed by atoms with Crippen LogP contribution in [0.2, 0.25) is 5.02 Å². The van der Waals surface area contributed by atoms with Crippen LogP contribution < -0.4 is 11.1 Å². The van der Waals surface area contributed by atoms with Gasteiger partial charge in [0.15, 0.2) is 0 Å². The maximum atomic E-state index is 12.1. The summed E-state index contributed by atoms with van der Waals surface area (Å²) in [5, 5.41) is 3.11. The average Bonchev–Trinajstić information content (AvgIpc) is 2.37. The molecule has 5 nitrogen and oxygen atoms in total. The number of carbonyl (C=O) groups is 2. The van der Waals surface area contributed by atoms with E-state index in [2.05, 4.69) is 5.32 Å². The monoisotopic (exact) mass is 295 g/mol. The number of carbonyl (C=O) groups excluding carboxylic acids is 2. The van der Waals surface area contributed by atoms with Crippen molar-refractivity contribution in [3.05, 3.63) is 28.8 Å². The summed E-state index contributed by atoms with van der Waals surface area (Å²) in [5.41, 5.74) is 6.04. The summed E-state index contributed by atoms with van der Waals surface area (Å²) in [5.74, 6) is -0.400. The van der Waals surface area contributed by atoms with Crippen molar-refractivity contribution in [2.45, 2.75) is 24.8 Å². The van der Waals surface area contributed by atoms with E-state index >= 15 is 0 Å². The number of nitrogens with zero attached hydrogens (tertiary/aromatic N) is 1. The van der Waals surface area contributed by atoms with Crippen LogP contribution in [-0.2, 0) is 4.79 Å². The van der Waals surface area contributed by atoms with Crippen LogP contribution in [0, 0.1) is 0 Å². The molecule has 1 saturated carbocycles. The van der Waals surface area contributed by atoms with Gasteiger partial charge in [-0.1, -0.05) is 11.6 Å². The minimum absolute atomic E-state index is 0.150. The second-order valence-electron chi connectivity index (χ2n) is 5.36. The van der Waals surface area contributed by atoms with Crippen molar-refractivity contribution >= 4 is 29.1 Å². The first-order valence-electron chi connectivity index (χ1n) is 6.45. The molecule has 0 radical (unpaired) electrons. The largest absolute Gasteiger partial charge is 0.345 e. The molecule has 108 valence electrons. The highest BCUT2D eigenvalue weighted by Crippen LogP contribution is 2.31. The lowest BCUT2D eigenvalue weighted by atomic mass is 9.77. The van der Waals surface area contributed by atoms with E-state index in [1.165, 1.54) is 4.90 Å². The van der Waals surface area contributed by atoms with E-state index in [0.29, 0.717) is 29.1 Å². The van der Waals surface area contributed by atoms with Gasteiger partial charge in [0, 0.05) is 19.7 Å². The summed E-state index contributed by atoms with van der Waals surface area (Å²) >= 11 is 6.06. The highest BCUT2D eigenvalue weighted by atomic mass is 35.5. The normalized spacial score (nSPS) is 16.2. The first-order chi connectivity index (χ1) is 9.33. The van der Waals surface area contributed by atoms with Crippen molar-refractivity contribution in [3.8, 4) is 0 Å². The lowest BCUT2D eigenvalue weighted by molar-refractivity contribution is -0.123. The number of nitrogens with two attached hydrogens (primary N) is 1. The van der Waals surface area contributed by atoms with Crippen LogP contribution in [0.3, 0.4) is 0 Å². The Morgan fingerprint density at radius 3 is 2.50 bits per heavy atom. The number of hydrogen-bond acceptors (Lipinski definition) is 3. The van der Waals surface area contributed by atoms with Crippen LogP contribution >= 0.6 is 11.6 Å². The van der Waals surface area contributed by atoms with E-state index in [9.17, 15) is 9.59 Å². The molecule has 1 aromatic carbocycles. The molecule has 0 heterocycles. The molecular weight excluding hydrogens is 278 g/mol. The van der Waals surface area contributed by atoms with Crippen LogP contribution in [0.15, 0.2) is 18.2 Å². The Morgan fingerprint density at radius 1 is 1.35 bits per heavy atom. The number of amides is 2. The molecular formula is C14H18ClN3O2. The summed E-state index contributed by atoms with van der Waals surface area (Å²) in [4.78, 5) is 25.5. The van der Waals surface area contributed by atoms with Crippen molar-refractivity contribution in [3.63, 3.8) is 0 Å². The molecule has 0 aromatic heterocycles. The number of anilines is 1. The molecule has 0 bridgehead atoms. The van der Waals surface area contributed by atoms with Gasteiger partial charge in [-0.3, -0.25) is 9.59 Å². The van der Waals surface area contributed by atoms with Gasteiger partial charge in [0.1, 0.15) is 0 Å². The molecule has 0 aliphatic heterocycles. The number of nitrogens with one attached hydrogen (secondary N) is 1. The third-order valence-electron chi connectivity index (χ3n) is 3.57. The lowest BCUT2D eigenvalue weighted by Crippen LogP contribution is -2.56. The molecule has 0 atom stereocenters. The van der Waals surface area contributed by atoms with Crippen molar-refractivity contribution in [2.24, 2.45) is 5.73 Å². The molecule has 2 amide bonds. The smallest absolute Gasteiger partial charge is 0.253 e. The fourth-order valence-corrected chi connectivity index (χ4v) is 2.21. The van der Waals surface area contributed by atoms with E-state index in [4.69, 9.17) is 17.3 Å². The fraction of sp³-hybridized carbons (Fsp3) is 0.429. The molecule has 6 heteroatoms. The van der Waals surface area contributed by atoms with Gasteiger partial charge in [0.25, 0.3) is 5.91 Å². The van der Waals surface area contributed by atoms with Gasteiger partial charge in [0.2, 0.25) is 5.91 Å². The molecule has 0 saturated heterocycles. The molecule has 20 heavy (non-hydrogen) atoms. The SMILES string of the molecule is CN(C)C(=O)c1ccc(Cl)c(NC(=O)C2(N)CCC2)c1. The minimum Gasteiger partial charge on any atom is -0.345 e. The Kier molecular flexibility index (Phi) is 4.01. The molecule has 1 fully saturated rings. The molecule has 1 aromatic rings. The molecule has 3 N–H and O–H groups in total. The van der Waals surface area contributed by atoms with Gasteiger partial charge >= 0.3 is 0 Å². The maximum Gasteiger partial charge on any atom is 0.253 e. The second-order valence-corrected chi connectivity index (χ2v) is 5.77. The summed E-state index contributed by atoms with van der Waals surface area (Å²) in [6.45, 7) is 0. The highest BCUT2D eigenvalue weighted by molar-refractivity contribution is 6.34. The van der Waals surface area contributed by atoms with Crippen LogP contribution in [0.25, 0.3) is 0 Å². The van der Waals surface area contributed by atoms with Crippen LogP contribution in [0.4, 0.5) is 5.69 Å². The van der Waals surface area contributed by atoms with Crippen molar-refractivity contribution < 1.29 is 9.59 Å². The minimum atomic E-state index is -0.801. The fourth-order valence-electron chi connectivity index (χ4n) is 2.04. The van der Waals surface area contributed by atoms with Gasteiger partial charge in [-0.15, -0.1) is 0 Å². The summed E-state index contributed by atoms with van der Waals surface area (Å²) in [6.07, 6.45) is 2.30. The Morgan fingerprint density at radius 2 is 2.00 bits per heavy atom. The van der Waals surface area contributed by atoms with Gasteiger partial charge in [-0.05, 0) is 37.5 Å². The van der Waals surface area contributed by atoms with Crippen LogP contribution in [-0.4, -0.2) is 36.3 Å². The predicted octanol–water partition coefficient (Wildman–Crippen LogP) is 1.86. The first kappa shape index (κ1) is 14.8. The maximum absolute atomic E-state index is 12.1. The van der Waals surface area contributed by atoms with E-state index in [-0.39, 0.29) is 11.8 Å². The second kappa shape index (κ2) is 5.42. The highest BCUT2D eigenvalue weighted by Gasteiger charge is 2.40. The van der Waals surface area contributed by atoms with Crippen LogP contribution in [0.1, 0.15) is 29.6 Å². The number of rotatable bonds is 3. The molecule has 0 unspecified atom stereocenters. The zero-order valence-corrected chi connectivity index (χ0v) is 12.3. The van der Waals surface area contributed by atoms with Crippen molar-refractivity contribution in [2.75, 3.05) is 19.4 Å². The standard InChI is InChI=1S/C14H18ClN3O2/c1-18(2)12(19)9-4-5-10(15)11(8-9)17-13(20)14(16)6-3-7-14/h4-5,8H,3,6-7,16H2,1-2H3,(H,17,20). The Labute approximate surface area is 123 Å². The van der Waals surface area contributed by atoms with Gasteiger partial charge < -0.3 is 16.0 Å². The van der Waals surface area contributed by atoms with E-state index in [1.54, 1.807) is 32.3 Å². The summed E-state index contributed by atoms with van der Waals surface area (Å²) in [6, 6.07) is 4.80. The molecule has 2 rings (SSSR count). The van der Waals surface area contributed by atoms with E-state index in [0.717, 1.165) is 6.42 Å². The lowest BCUT2D eigenvalue weighted by Gasteiger charge is -2.36. The number of benzene rings is 1. The number of hydrogen-bond donors (Lipinski definition) is 2. The molecule has 0 spiro atoms. The van der Waals surface area contributed by atoms with Crippen molar-refractivity contribution in [1.29, 1.82) is 0 Å². The first-order valence-corrected chi connectivity index (χ1v) is 6.83. The van der Waals surface area contributed by atoms with Gasteiger partial charge in [0.05, 0.1) is 16.2 Å². The molecule has 1 aliphatic carbocycles. The topological polar surface area (TPSA) is 75.4 Å². The van der Waals surface area contributed by atoms with Crippen LogP contribution in [0.5, 0.6) is 0 Å². The van der Waals surface area contributed by atoms with E-state index < -0.39 is 5.54 Å². The zero-order chi connectivity index (χ0) is 14.9. The average molecular weight is 296 g/mol. The Hall–Kier alpha value is -1.59. The Balaban J connectivity index is 2.21. The molecule has 1 aliphatic rings. The van der Waals surface area contributed by atoms with Gasteiger partial charge in [-0.25, -0.2) is 0 Å². The van der Waals surface area contributed by atoms with E-state index in [1.807, 2.05) is 0 Å². The third kappa shape index (κ3) is 2.78. The summed E-state index contributed by atoms with van der Waals surface area (Å²) < 4.78 is 0. The van der Waals surface area contributed by atoms with Gasteiger partial charge in [-0.2, -0.15) is 0 Å². The van der Waals surface area contributed by atoms with Crippen molar-refractivity contribution in [1.82, 2.24) is 4.90 Å².